The Kier molecular flexibility index (Phi) is 7.03. The zero-order chi connectivity index (χ0) is 35.3. The van der Waals surface area contributed by atoms with Crippen LogP contribution in [0.25, 0.3) is 87.6 Å². The van der Waals surface area contributed by atoms with Crippen LogP contribution < -0.4 is 0 Å². The average molecular weight is 659 g/mol. The molecule has 0 spiro atoms. The van der Waals surface area contributed by atoms with Gasteiger partial charge >= 0.3 is 0 Å². The second-order valence-corrected chi connectivity index (χ2v) is 14.6. The number of rotatable bonds is 3. The van der Waals surface area contributed by atoms with Gasteiger partial charge in [-0.05, 0) is 178 Å². The first-order valence-corrected chi connectivity index (χ1v) is 18.1. The molecule has 0 N–H and O–H groups in total. The Morgan fingerprint density at radius 1 is 0.294 bits per heavy atom. The Labute approximate surface area is 300 Å². The van der Waals surface area contributed by atoms with Gasteiger partial charge in [-0.2, -0.15) is 0 Å². The minimum Gasteiger partial charge on any atom is -0.456 e. The van der Waals surface area contributed by atoms with Crippen molar-refractivity contribution >= 4 is 54.3 Å². The third-order valence-electron chi connectivity index (χ3n) is 12.3. The van der Waals surface area contributed by atoms with Crippen LogP contribution in [-0.4, -0.2) is 0 Å². The molecule has 9 aromatic rings. The van der Waals surface area contributed by atoms with Crippen molar-refractivity contribution in [3.05, 3.63) is 154 Å². The lowest BCUT2D eigenvalue weighted by molar-refractivity contribution is 0.669. The van der Waals surface area contributed by atoms with Gasteiger partial charge in [-0.1, -0.05) is 97.1 Å². The molecule has 1 aromatic heterocycles. The molecular weight excluding hydrogens is 617 g/mol. The quantitative estimate of drug-likeness (QED) is 0.172. The van der Waals surface area contributed by atoms with Crippen molar-refractivity contribution < 1.29 is 4.42 Å². The highest BCUT2D eigenvalue weighted by Crippen LogP contribution is 2.52. The molecule has 0 saturated carbocycles. The van der Waals surface area contributed by atoms with Gasteiger partial charge in [0.15, 0.2) is 0 Å². The normalized spacial score (nSPS) is 11.9. The van der Waals surface area contributed by atoms with Gasteiger partial charge in [0.05, 0.1) is 0 Å². The molecule has 1 heteroatoms. The fourth-order valence-corrected chi connectivity index (χ4v) is 9.04. The molecule has 0 bridgehead atoms. The molecule has 0 amide bonds. The molecule has 0 radical (unpaired) electrons. The van der Waals surface area contributed by atoms with E-state index in [4.69, 9.17) is 4.42 Å². The molecule has 8 aromatic carbocycles. The molecule has 0 aliphatic rings. The Balaban J connectivity index is 1.50. The number of fused-ring (bicyclic) bond motifs is 6. The van der Waals surface area contributed by atoms with Gasteiger partial charge in [0.2, 0.25) is 0 Å². The summed E-state index contributed by atoms with van der Waals surface area (Å²) in [6.07, 6.45) is 0. The lowest BCUT2D eigenvalue weighted by Crippen LogP contribution is -2.04. The molecule has 0 unspecified atom stereocenters. The smallest absolute Gasteiger partial charge is 0.136 e. The van der Waals surface area contributed by atoms with E-state index in [2.05, 4.69) is 159 Å². The highest BCUT2D eigenvalue weighted by atomic mass is 16.3. The minimum absolute atomic E-state index is 0.921. The fourth-order valence-electron chi connectivity index (χ4n) is 9.04. The molecule has 1 nitrogen and oxygen atoms in total. The number of para-hydroxylation sites is 1. The van der Waals surface area contributed by atoms with Gasteiger partial charge in [0.1, 0.15) is 11.2 Å². The summed E-state index contributed by atoms with van der Waals surface area (Å²) >= 11 is 0. The van der Waals surface area contributed by atoms with Crippen LogP contribution in [0.5, 0.6) is 0 Å². The topological polar surface area (TPSA) is 13.1 Å². The van der Waals surface area contributed by atoms with Crippen molar-refractivity contribution in [2.45, 2.75) is 55.4 Å². The molecule has 0 atom stereocenters. The van der Waals surface area contributed by atoms with Crippen molar-refractivity contribution in [2.24, 2.45) is 0 Å². The first-order chi connectivity index (χ1) is 24.7. The number of benzene rings is 8. The molecule has 51 heavy (non-hydrogen) atoms. The second kappa shape index (κ2) is 11.4. The molecule has 9 rings (SSSR count). The van der Waals surface area contributed by atoms with E-state index in [9.17, 15) is 0 Å². The van der Waals surface area contributed by atoms with E-state index in [1.165, 1.54) is 116 Å². The van der Waals surface area contributed by atoms with E-state index in [1.54, 1.807) is 0 Å². The molecule has 0 saturated heterocycles. The van der Waals surface area contributed by atoms with Gasteiger partial charge < -0.3 is 4.42 Å². The Morgan fingerprint density at radius 3 is 1.33 bits per heavy atom. The van der Waals surface area contributed by atoms with Crippen LogP contribution in [0, 0.1) is 55.4 Å². The zero-order valence-corrected chi connectivity index (χ0v) is 30.8. The highest BCUT2D eigenvalue weighted by molar-refractivity contribution is 6.28. The minimum atomic E-state index is 0.921. The third kappa shape index (κ3) is 4.34. The highest BCUT2D eigenvalue weighted by Gasteiger charge is 2.27. The van der Waals surface area contributed by atoms with Gasteiger partial charge in [-0.3, -0.25) is 0 Å². The summed E-state index contributed by atoms with van der Waals surface area (Å²) in [5.74, 6) is 0. The van der Waals surface area contributed by atoms with Crippen LogP contribution in [0.15, 0.2) is 114 Å². The number of furan rings is 1. The lowest BCUT2D eigenvalue weighted by atomic mass is 9.76. The summed E-state index contributed by atoms with van der Waals surface area (Å²) in [4.78, 5) is 0. The number of hydrogen-bond donors (Lipinski definition) is 0. The van der Waals surface area contributed by atoms with Crippen molar-refractivity contribution in [1.29, 1.82) is 0 Å². The Morgan fingerprint density at radius 2 is 0.745 bits per heavy atom. The van der Waals surface area contributed by atoms with Crippen molar-refractivity contribution in [3.8, 4) is 33.4 Å². The third-order valence-corrected chi connectivity index (χ3v) is 12.3. The monoisotopic (exact) mass is 658 g/mol. The molecule has 1 heterocycles. The maximum Gasteiger partial charge on any atom is 0.136 e. The fraction of sp³-hybridized carbons (Fsp3) is 0.160. The van der Waals surface area contributed by atoms with E-state index < -0.39 is 0 Å². The molecule has 0 aliphatic heterocycles. The lowest BCUT2D eigenvalue weighted by Gasteiger charge is -2.27. The molecule has 248 valence electrons. The summed E-state index contributed by atoms with van der Waals surface area (Å²) in [6.45, 7) is 18.6. The van der Waals surface area contributed by atoms with Gasteiger partial charge in [-0.15, -0.1) is 0 Å². The zero-order valence-electron chi connectivity index (χ0n) is 30.8. The van der Waals surface area contributed by atoms with E-state index in [0.29, 0.717) is 0 Å². The first-order valence-electron chi connectivity index (χ1n) is 18.1. The van der Waals surface area contributed by atoms with Gasteiger partial charge in [-0.25, -0.2) is 0 Å². The van der Waals surface area contributed by atoms with Crippen molar-refractivity contribution in [1.82, 2.24) is 0 Å². The van der Waals surface area contributed by atoms with E-state index in [-0.39, 0.29) is 0 Å². The van der Waals surface area contributed by atoms with Crippen LogP contribution in [-0.2, 0) is 0 Å². The van der Waals surface area contributed by atoms with Crippen LogP contribution in [0.2, 0.25) is 0 Å². The van der Waals surface area contributed by atoms with Gasteiger partial charge in [0.25, 0.3) is 0 Å². The van der Waals surface area contributed by atoms with Gasteiger partial charge in [0, 0.05) is 10.8 Å². The van der Waals surface area contributed by atoms with Crippen LogP contribution in [0.4, 0.5) is 0 Å². The summed E-state index contributed by atoms with van der Waals surface area (Å²) in [7, 11) is 0. The number of hydrogen-bond acceptors (Lipinski definition) is 1. The Hall–Kier alpha value is -5.66. The average Bonchev–Trinajstić information content (AvgIpc) is 3.55. The van der Waals surface area contributed by atoms with Crippen molar-refractivity contribution in [3.63, 3.8) is 0 Å². The van der Waals surface area contributed by atoms with E-state index >= 15 is 0 Å². The maximum absolute atomic E-state index is 6.35. The molecule has 0 fully saturated rings. The van der Waals surface area contributed by atoms with Crippen LogP contribution >= 0.6 is 0 Å². The predicted octanol–water partition coefficient (Wildman–Crippen LogP) is 14.5. The molecular formula is C50H42O. The van der Waals surface area contributed by atoms with Crippen LogP contribution in [0.1, 0.15) is 44.5 Å². The Bertz CT molecular complexity index is 2840. The SMILES string of the molecule is Cc1c(C)c(C)c2c(-c3ccc(-c4cccc5oc6ccccc6c45)c4ccccc34)c3c(C)c(C)c(C)c(C)c3c(-c3ccccc3)c2c1C. The largest absolute Gasteiger partial charge is 0.456 e. The molecule has 0 aliphatic carbocycles. The second-order valence-electron chi connectivity index (χ2n) is 14.6. The van der Waals surface area contributed by atoms with Crippen molar-refractivity contribution in [2.75, 3.05) is 0 Å². The summed E-state index contributed by atoms with van der Waals surface area (Å²) in [5, 5.41) is 10.3. The number of aryl methyl sites for hydroxylation is 4. The summed E-state index contributed by atoms with van der Waals surface area (Å²) in [5.41, 5.74) is 20.5. The summed E-state index contributed by atoms with van der Waals surface area (Å²) < 4.78 is 6.35. The van der Waals surface area contributed by atoms with E-state index in [0.717, 1.165) is 16.6 Å². The van der Waals surface area contributed by atoms with Crippen LogP contribution in [0.3, 0.4) is 0 Å². The standard InChI is InChI=1S/C50H42O/c1-27-29(3)33(7)46-44(31(27)5)48(35-17-10-9-11-18-35)45-32(6)28(2)30(4)34(8)47(45)50(46)40-26-25-38(36-19-12-13-20-37(36)40)39-22-16-24-43-49(39)41-21-14-15-23-42(41)51-43/h9-26H,1-8H3. The maximum atomic E-state index is 6.35. The first kappa shape index (κ1) is 31.3. The predicted molar refractivity (Wildman–Crippen MR) is 220 cm³/mol. The van der Waals surface area contributed by atoms with E-state index in [1.807, 2.05) is 6.07 Å². The summed E-state index contributed by atoms with van der Waals surface area (Å²) in [6, 6.07) is 39.8.